The molecule has 2 heterocycles. The van der Waals surface area contributed by atoms with Crippen LogP contribution < -0.4 is 0 Å². The summed E-state index contributed by atoms with van der Waals surface area (Å²) in [6, 6.07) is 0. The Bertz CT molecular complexity index is 627. The van der Waals surface area contributed by atoms with E-state index in [2.05, 4.69) is 37.0 Å². The first-order chi connectivity index (χ1) is 11.1. The lowest BCUT2D eigenvalue weighted by Crippen LogP contribution is -2.52. The number of rotatable bonds is 6. The summed E-state index contributed by atoms with van der Waals surface area (Å²) in [5.74, 6) is 0. The molecule has 1 aliphatic rings. The standard InChI is InChI=1S/C16H31N5O2S/c1-6-7-18(5)24(22,23)20-10-8-19(9-11-20)13-15-12-17-21(14-15)16(2,3)4/h12,14H,6-11,13H2,1-5H3. The van der Waals surface area contributed by atoms with Crippen LogP contribution in [0, 0.1) is 0 Å². The van der Waals surface area contributed by atoms with Crippen LogP contribution in [-0.2, 0) is 22.3 Å². The second-order valence-electron chi connectivity index (χ2n) is 7.47. The summed E-state index contributed by atoms with van der Waals surface area (Å²) in [6.07, 6.45) is 4.81. The predicted octanol–water partition coefficient (Wildman–Crippen LogP) is 1.34. The summed E-state index contributed by atoms with van der Waals surface area (Å²) >= 11 is 0. The van der Waals surface area contributed by atoms with Crippen LogP contribution in [0.25, 0.3) is 0 Å². The lowest BCUT2D eigenvalue weighted by atomic mass is 10.1. The molecule has 24 heavy (non-hydrogen) atoms. The zero-order chi connectivity index (χ0) is 18.0. The molecule has 1 aromatic rings. The molecular weight excluding hydrogens is 326 g/mol. The van der Waals surface area contributed by atoms with Crippen LogP contribution in [0.2, 0.25) is 0 Å². The van der Waals surface area contributed by atoms with Gasteiger partial charge in [-0.25, -0.2) is 0 Å². The highest BCUT2D eigenvalue weighted by Crippen LogP contribution is 2.16. The van der Waals surface area contributed by atoms with Gasteiger partial charge in [0, 0.05) is 58.1 Å². The average Bonchev–Trinajstić information content (AvgIpc) is 2.97. The van der Waals surface area contributed by atoms with Crippen molar-refractivity contribution >= 4 is 10.2 Å². The topological polar surface area (TPSA) is 61.7 Å². The number of hydrogen-bond acceptors (Lipinski definition) is 4. The van der Waals surface area contributed by atoms with E-state index in [-0.39, 0.29) is 5.54 Å². The molecule has 8 heteroatoms. The molecule has 0 aromatic carbocycles. The van der Waals surface area contributed by atoms with Crippen molar-refractivity contribution in [3.8, 4) is 0 Å². The van der Waals surface area contributed by atoms with Gasteiger partial charge in [-0.15, -0.1) is 0 Å². The number of aromatic nitrogens is 2. The highest BCUT2D eigenvalue weighted by molar-refractivity contribution is 7.86. The summed E-state index contributed by atoms with van der Waals surface area (Å²) < 4.78 is 30.0. The maximum atomic E-state index is 12.5. The van der Waals surface area contributed by atoms with Gasteiger partial charge in [-0.1, -0.05) is 6.92 Å². The van der Waals surface area contributed by atoms with E-state index in [1.54, 1.807) is 11.4 Å². The highest BCUT2D eigenvalue weighted by Gasteiger charge is 2.30. The molecule has 0 saturated carbocycles. The number of hydrogen-bond donors (Lipinski definition) is 0. The van der Waals surface area contributed by atoms with Crippen molar-refractivity contribution < 1.29 is 8.42 Å². The molecule has 0 unspecified atom stereocenters. The van der Waals surface area contributed by atoms with Crippen LogP contribution >= 0.6 is 0 Å². The molecule has 7 nitrogen and oxygen atoms in total. The van der Waals surface area contributed by atoms with Gasteiger partial charge in [-0.05, 0) is 27.2 Å². The molecule has 1 aromatic heterocycles. The van der Waals surface area contributed by atoms with E-state index in [4.69, 9.17) is 0 Å². The zero-order valence-electron chi connectivity index (χ0n) is 15.6. The fourth-order valence-electron chi connectivity index (χ4n) is 2.81. The van der Waals surface area contributed by atoms with Crippen molar-refractivity contribution in [2.24, 2.45) is 0 Å². The Morgan fingerprint density at radius 1 is 1.21 bits per heavy atom. The fourth-order valence-corrected chi connectivity index (χ4v) is 4.24. The van der Waals surface area contributed by atoms with Gasteiger partial charge in [0.25, 0.3) is 10.2 Å². The number of piperazine rings is 1. The Labute approximate surface area is 146 Å². The first-order valence-electron chi connectivity index (χ1n) is 8.62. The Morgan fingerprint density at radius 3 is 2.33 bits per heavy atom. The van der Waals surface area contributed by atoms with E-state index in [0.29, 0.717) is 19.6 Å². The Hall–Kier alpha value is -0.960. The molecule has 0 N–H and O–H groups in total. The summed E-state index contributed by atoms with van der Waals surface area (Å²) in [5, 5.41) is 4.43. The van der Waals surface area contributed by atoms with Gasteiger partial charge >= 0.3 is 0 Å². The summed E-state index contributed by atoms with van der Waals surface area (Å²) in [7, 11) is -1.65. The van der Waals surface area contributed by atoms with Crippen LogP contribution in [0.5, 0.6) is 0 Å². The Balaban J connectivity index is 1.90. The second kappa shape index (κ2) is 7.51. The van der Waals surface area contributed by atoms with Crippen LogP contribution in [0.4, 0.5) is 0 Å². The Morgan fingerprint density at radius 2 is 1.83 bits per heavy atom. The van der Waals surface area contributed by atoms with Gasteiger partial charge in [0.2, 0.25) is 0 Å². The first-order valence-corrected chi connectivity index (χ1v) is 10.0. The van der Waals surface area contributed by atoms with E-state index in [1.807, 2.05) is 17.8 Å². The molecule has 1 saturated heterocycles. The third-order valence-corrected chi connectivity index (χ3v) is 6.31. The second-order valence-corrected chi connectivity index (χ2v) is 9.50. The molecular formula is C16H31N5O2S. The summed E-state index contributed by atoms with van der Waals surface area (Å²) in [6.45, 7) is 12.3. The predicted molar refractivity (Wildman–Crippen MR) is 95.9 cm³/mol. The van der Waals surface area contributed by atoms with Crippen molar-refractivity contribution in [3.05, 3.63) is 18.0 Å². The molecule has 2 rings (SSSR count). The quantitative estimate of drug-likeness (QED) is 0.771. The van der Waals surface area contributed by atoms with Crippen LogP contribution in [0.15, 0.2) is 12.4 Å². The lowest BCUT2D eigenvalue weighted by molar-refractivity contribution is 0.176. The minimum atomic E-state index is -3.31. The van der Waals surface area contributed by atoms with Crippen LogP contribution in [-0.4, -0.2) is 71.5 Å². The van der Waals surface area contributed by atoms with Crippen LogP contribution in [0.3, 0.4) is 0 Å². The maximum Gasteiger partial charge on any atom is 0.281 e. The smallest absolute Gasteiger partial charge is 0.281 e. The SMILES string of the molecule is CCCN(C)S(=O)(=O)N1CCN(Cc2cnn(C(C)(C)C)c2)CC1. The van der Waals surface area contributed by atoms with Crippen molar-refractivity contribution in [3.63, 3.8) is 0 Å². The third kappa shape index (κ3) is 4.56. The van der Waals surface area contributed by atoms with Crippen molar-refractivity contribution in [1.29, 1.82) is 0 Å². The lowest BCUT2D eigenvalue weighted by Gasteiger charge is -2.35. The van der Waals surface area contributed by atoms with E-state index in [0.717, 1.165) is 26.1 Å². The van der Waals surface area contributed by atoms with E-state index >= 15 is 0 Å². The maximum absolute atomic E-state index is 12.5. The van der Waals surface area contributed by atoms with Crippen LogP contribution in [0.1, 0.15) is 39.7 Å². The van der Waals surface area contributed by atoms with Gasteiger partial charge in [0.15, 0.2) is 0 Å². The summed E-state index contributed by atoms with van der Waals surface area (Å²) in [5.41, 5.74) is 1.15. The molecule has 0 radical (unpaired) electrons. The molecule has 138 valence electrons. The van der Waals surface area contributed by atoms with Gasteiger partial charge in [0.1, 0.15) is 0 Å². The van der Waals surface area contributed by atoms with E-state index in [9.17, 15) is 8.42 Å². The third-order valence-electron chi connectivity index (χ3n) is 4.32. The monoisotopic (exact) mass is 357 g/mol. The molecule has 1 fully saturated rings. The van der Waals surface area contributed by atoms with E-state index in [1.165, 1.54) is 9.87 Å². The fraction of sp³-hybridized carbons (Fsp3) is 0.812. The largest absolute Gasteiger partial charge is 0.296 e. The first kappa shape index (κ1) is 19.4. The van der Waals surface area contributed by atoms with Gasteiger partial charge in [0.05, 0.1) is 11.7 Å². The molecule has 1 aliphatic heterocycles. The highest BCUT2D eigenvalue weighted by atomic mass is 32.2. The minimum absolute atomic E-state index is 0.0190. The molecule has 0 atom stereocenters. The Kier molecular flexibility index (Phi) is 6.06. The number of nitrogens with zero attached hydrogens (tertiary/aromatic N) is 5. The molecule has 0 spiro atoms. The zero-order valence-corrected chi connectivity index (χ0v) is 16.4. The van der Waals surface area contributed by atoms with Crippen molar-refractivity contribution in [2.75, 3.05) is 39.8 Å². The van der Waals surface area contributed by atoms with Crippen molar-refractivity contribution in [1.82, 2.24) is 23.3 Å². The minimum Gasteiger partial charge on any atom is -0.296 e. The van der Waals surface area contributed by atoms with Gasteiger partial charge in [-0.3, -0.25) is 9.58 Å². The average molecular weight is 358 g/mol. The molecule has 0 aliphatic carbocycles. The molecule has 0 amide bonds. The van der Waals surface area contributed by atoms with Gasteiger partial charge < -0.3 is 0 Å². The van der Waals surface area contributed by atoms with Crippen molar-refractivity contribution in [2.45, 2.75) is 46.2 Å². The van der Waals surface area contributed by atoms with Gasteiger partial charge in [-0.2, -0.15) is 22.1 Å². The van der Waals surface area contributed by atoms with E-state index < -0.39 is 10.2 Å². The normalized spacial score (nSPS) is 18.4. The summed E-state index contributed by atoms with van der Waals surface area (Å²) in [4.78, 5) is 2.29. The molecule has 0 bridgehead atoms.